The lowest BCUT2D eigenvalue weighted by molar-refractivity contribution is 0.227. The Morgan fingerprint density at radius 1 is 1.22 bits per heavy atom. The number of aromatic nitrogens is 5. The van der Waals surface area contributed by atoms with E-state index in [1.165, 1.54) is 0 Å². The third-order valence-electron chi connectivity index (χ3n) is 6.60. The summed E-state index contributed by atoms with van der Waals surface area (Å²) in [5, 5.41) is 8.85. The second-order valence-electron chi connectivity index (χ2n) is 9.13. The van der Waals surface area contributed by atoms with Gasteiger partial charge in [-0.2, -0.15) is 5.10 Å². The van der Waals surface area contributed by atoms with Crippen molar-refractivity contribution in [3.05, 3.63) is 78.8 Å². The molecule has 0 aliphatic carbocycles. The van der Waals surface area contributed by atoms with Gasteiger partial charge in [0.25, 0.3) is 0 Å². The average Bonchev–Trinajstić information content (AvgIpc) is 3.60. The van der Waals surface area contributed by atoms with Gasteiger partial charge in [0, 0.05) is 23.4 Å². The number of benzene rings is 1. The number of aromatic amines is 1. The fourth-order valence-corrected chi connectivity index (χ4v) is 5.00. The van der Waals surface area contributed by atoms with Gasteiger partial charge in [0.1, 0.15) is 28.3 Å². The summed E-state index contributed by atoms with van der Waals surface area (Å²) < 4.78 is 19.4. The number of pyridine rings is 1. The highest BCUT2D eigenvalue weighted by Gasteiger charge is 2.25. The summed E-state index contributed by atoms with van der Waals surface area (Å²) in [5.74, 6) is 0.201. The first-order chi connectivity index (χ1) is 17.8. The summed E-state index contributed by atoms with van der Waals surface area (Å²) in [6.45, 7) is 6.40. The first-order valence-corrected chi connectivity index (χ1v) is 12.2. The largest absolute Gasteiger partial charge is 0.483 e. The van der Waals surface area contributed by atoms with Gasteiger partial charge in [-0.1, -0.05) is 16.8 Å². The van der Waals surface area contributed by atoms with Gasteiger partial charge in [0.15, 0.2) is 11.1 Å². The molecule has 0 fully saturated rings. The van der Waals surface area contributed by atoms with Crippen LogP contribution in [-0.2, 0) is 13.0 Å². The zero-order valence-electron chi connectivity index (χ0n) is 20.3. The van der Waals surface area contributed by atoms with Crippen molar-refractivity contribution in [2.24, 2.45) is 0 Å². The predicted molar refractivity (Wildman–Crippen MR) is 136 cm³/mol. The van der Waals surface area contributed by atoms with E-state index in [4.69, 9.17) is 20.8 Å². The smallest absolute Gasteiger partial charge is 0.439 e. The van der Waals surface area contributed by atoms with Crippen molar-refractivity contribution in [1.29, 1.82) is 0 Å². The number of fused-ring (bicyclic) bond motifs is 2. The van der Waals surface area contributed by atoms with Crippen LogP contribution in [-0.4, -0.2) is 24.9 Å². The quantitative estimate of drug-likeness (QED) is 0.329. The van der Waals surface area contributed by atoms with Gasteiger partial charge >= 0.3 is 5.76 Å². The van der Waals surface area contributed by atoms with Crippen LogP contribution in [0.15, 0.2) is 49.0 Å². The third kappa shape index (κ3) is 3.93. The second kappa shape index (κ2) is 8.74. The van der Waals surface area contributed by atoms with Gasteiger partial charge < -0.3 is 9.15 Å². The summed E-state index contributed by atoms with van der Waals surface area (Å²) in [6.07, 6.45) is 3.09. The Kier molecular flexibility index (Phi) is 5.49. The predicted octanol–water partition coefficient (Wildman–Crippen LogP) is 4.75. The van der Waals surface area contributed by atoms with Crippen LogP contribution in [0.3, 0.4) is 0 Å². The molecule has 11 heteroatoms. The van der Waals surface area contributed by atoms with Crippen LogP contribution in [0.1, 0.15) is 41.8 Å². The van der Waals surface area contributed by atoms with Crippen molar-refractivity contribution in [2.75, 3.05) is 0 Å². The Balaban J connectivity index is 1.48. The molecule has 0 amide bonds. The number of nitrogens with one attached hydrogen (secondary N) is 1. The molecule has 5 heterocycles. The number of aryl methyl sites for hydroxylation is 2. The number of nitrogens with zero attached hydrogens (tertiary/aromatic N) is 4. The van der Waals surface area contributed by atoms with Crippen LogP contribution in [0.25, 0.3) is 33.8 Å². The Hall–Kier alpha value is -4.18. The minimum absolute atomic E-state index is 0.0864. The van der Waals surface area contributed by atoms with Gasteiger partial charge in [0.05, 0.1) is 17.1 Å². The molecular formula is C26H22ClN5O5. The monoisotopic (exact) mass is 519 g/mol. The number of H-pyrrole nitrogens is 1. The summed E-state index contributed by atoms with van der Waals surface area (Å²) in [4.78, 5) is 31.7. The summed E-state index contributed by atoms with van der Waals surface area (Å²) in [5.41, 5.74) is 4.59. The van der Waals surface area contributed by atoms with Crippen molar-refractivity contribution in [3.63, 3.8) is 0 Å². The Bertz CT molecular complexity index is 1800. The molecular weight excluding hydrogens is 498 g/mol. The van der Waals surface area contributed by atoms with Crippen LogP contribution in [0.5, 0.6) is 5.75 Å². The first kappa shape index (κ1) is 23.2. The van der Waals surface area contributed by atoms with Crippen LogP contribution in [0.4, 0.5) is 0 Å². The van der Waals surface area contributed by atoms with E-state index in [1.807, 2.05) is 30.7 Å². The lowest BCUT2D eigenvalue weighted by Crippen LogP contribution is -2.12. The van der Waals surface area contributed by atoms with E-state index in [-0.39, 0.29) is 22.1 Å². The molecule has 0 radical (unpaired) electrons. The van der Waals surface area contributed by atoms with Gasteiger partial charge in [-0.25, -0.2) is 9.78 Å². The van der Waals surface area contributed by atoms with Crippen LogP contribution in [0.2, 0.25) is 5.15 Å². The van der Waals surface area contributed by atoms with Gasteiger partial charge in [-0.3, -0.25) is 19.0 Å². The Labute approximate surface area is 214 Å². The van der Waals surface area contributed by atoms with E-state index in [0.717, 1.165) is 36.2 Å². The summed E-state index contributed by atoms with van der Waals surface area (Å²) in [7, 11) is 0. The molecule has 5 aromatic rings. The summed E-state index contributed by atoms with van der Waals surface area (Å²) >= 11 is 6.09. The zero-order valence-corrected chi connectivity index (χ0v) is 21.0. The fraction of sp³-hybridized carbons (Fsp3) is 0.269. The molecule has 0 spiro atoms. The highest BCUT2D eigenvalue weighted by atomic mass is 35.5. The van der Waals surface area contributed by atoms with Crippen molar-refractivity contribution < 1.29 is 13.7 Å². The molecule has 6 rings (SSSR count). The molecule has 1 atom stereocenters. The van der Waals surface area contributed by atoms with E-state index in [2.05, 4.69) is 24.7 Å². The number of rotatable bonds is 5. The van der Waals surface area contributed by atoms with E-state index in [9.17, 15) is 9.59 Å². The highest BCUT2D eigenvalue weighted by Crippen LogP contribution is 2.36. The molecule has 1 aromatic carbocycles. The van der Waals surface area contributed by atoms with E-state index < -0.39 is 11.9 Å². The molecule has 10 nitrogen and oxygen atoms in total. The highest BCUT2D eigenvalue weighted by molar-refractivity contribution is 6.29. The van der Waals surface area contributed by atoms with Gasteiger partial charge in [0.2, 0.25) is 5.82 Å². The second-order valence-corrected chi connectivity index (χ2v) is 9.52. The van der Waals surface area contributed by atoms with Crippen LogP contribution in [0, 0.1) is 13.8 Å². The molecule has 1 N–H and O–H groups in total. The minimum atomic E-state index is -0.725. The van der Waals surface area contributed by atoms with Gasteiger partial charge in [-0.05, 0) is 63.4 Å². The molecule has 0 saturated heterocycles. The molecule has 1 aliphatic rings. The standard InChI is InChI=1S/C26H22ClN5O5/c1-12-9-15(14(3)35-19-6-7-20(27)29-21(19)25-30-26(34)37-31-25)24-16(10-12)22(33)13(2)23(36-24)17-11-28-32-8-4-5-18(17)32/h6-7,9-11,14H,4-5,8H2,1-3H3,(H,30,31,34)/t14-/m1/s1. The molecule has 188 valence electrons. The topological polar surface area (TPSA) is 129 Å². The molecule has 0 saturated carbocycles. The number of halogens is 1. The molecule has 0 unspecified atom stereocenters. The van der Waals surface area contributed by atoms with Crippen LogP contribution >= 0.6 is 11.6 Å². The SMILES string of the molecule is Cc1cc([C@@H](C)Oc2ccc(Cl)nc2-c2noc(=O)[nH]2)c2oc(-c3cnn4c3CCC4)c(C)c(=O)c2c1. The fourth-order valence-electron chi connectivity index (χ4n) is 4.85. The maximum atomic E-state index is 13.5. The van der Waals surface area contributed by atoms with Crippen molar-refractivity contribution in [2.45, 2.75) is 46.3 Å². The summed E-state index contributed by atoms with van der Waals surface area (Å²) in [6, 6.07) is 6.96. The third-order valence-corrected chi connectivity index (χ3v) is 6.81. The maximum absolute atomic E-state index is 13.5. The normalized spacial score (nSPS) is 13.7. The van der Waals surface area contributed by atoms with Gasteiger partial charge in [-0.15, -0.1) is 0 Å². The lowest BCUT2D eigenvalue weighted by atomic mass is 9.99. The Morgan fingerprint density at radius 2 is 2.05 bits per heavy atom. The van der Waals surface area contributed by atoms with Crippen molar-refractivity contribution in [3.8, 4) is 28.6 Å². The number of ether oxygens (including phenoxy) is 1. The molecule has 4 aromatic heterocycles. The minimum Gasteiger partial charge on any atom is -0.483 e. The first-order valence-electron chi connectivity index (χ1n) is 11.8. The molecule has 37 heavy (non-hydrogen) atoms. The van der Waals surface area contributed by atoms with E-state index in [0.29, 0.717) is 33.6 Å². The van der Waals surface area contributed by atoms with Crippen molar-refractivity contribution >= 4 is 22.6 Å². The number of hydrogen-bond donors (Lipinski definition) is 1. The maximum Gasteiger partial charge on any atom is 0.439 e. The van der Waals surface area contributed by atoms with Crippen molar-refractivity contribution in [1.82, 2.24) is 24.9 Å². The molecule has 1 aliphatic heterocycles. The van der Waals surface area contributed by atoms with E-state index >= 15 is 0 Å². The van der Waals surface area contributed by atoms with Crippen LogP contribution < -0.4 is 15.9 Å². The lowest BCUT2D eigenvalue weighted by Gasteiger charge is -2.19. The number of hydrogen-bond acceptors (Lipinski definition) is 8. The Morgan fingerprint density at radius 3 is 2.84 bits per heavy atom. The zero-order chi connectivity index (χ0) is 25.8. The van der Waals surface area contributed by atoms with E-state index in [1.54, 1.807) is 25.3 Å². The molecule has 0 bridgehead atoms. The average molecular weight is 520 g/mol.